The van der Waals surface area contributed by atoms with Crippen molar-refractivity contribution in [2.24, 2.45) is 0 Å². The van der Waals surface area contributed by atoms with Crippen molar-refractivity contribution < 1.29 is 27.9 Å². The Morgan fingerprint density at radius 2 is 1.93 bits per heavy atom. The molecule has 0 atom stereocenters. The molecule has 0 aromatic heterocycles. The average Bonchev–Trinajstić information content (AvgIpc) is 2.15. The van der Waals surface area contributed by atoms with Crippen LogP contribution < -0.4 is 5.11 Å². The molecule has 1 aromatic carbocycles. The van der Waals surface area contributed by atoms with Gasteiger partial charge in [0.2, 0.25) is 0 Å². The standard InChI is InChI=1S/C9H5F3O3/c10-9(11,12)7-3-5(8(14)15)1-2-6(7)4-13/h1-4H,(H,14,15)/p-1. The van der Waals surface area contributed by atoms with Gasteiger partial charge in [0, 0.05) is 5.56 Å². The smallest absolute Gasteiger partial charge is 0.417 e. The molecule has 15 heavy (non-hydrogen) atoms. The van der Waals surface area contributed by atoms with Gasteiger partial charge in [-0.15, -0.1) is 0 Å². The average molecular weight is 217 g/mol. The molecule has 0 saturated carbocycles. The quantitative estimate of drug-likeness (QED) is 0.691. The van der Waals surface area contributed by atoms with Crippen molar-refractivity contribution in [3.63, 3.8) is 0 Å². The summed E-state index contributed by atoms with van der Waals surface area (Å²) in [4.78, 5) is 20.6. The number of rotatable bonds is 2. The van der Waals surface area contributed by atoms with Crippen LogP contribution in [0.2, 0.25) is 0 Å². The summed E-state index contributed by atoms with van der Waals surface area (Å²) >= 11 is 0. The maximum atomic E-state index is 12.3. The van der Waals surface area contributed by atoms with Crippen LogP contribution in [0, 0.1) is 0 Å². The molecule has 0 radical (unpaired) electrons. The van der Waals surface area contributed by atoms with Crippen molar-refractivity contribution in [3.05, 3.63) is 34.9 Å². The SMILES string of the molecule is O=Cc1ccc(C(=O)[O-])cc1C(F)(F)F. The Balaban J connectivity index is 3.38. The van der Waals surface area contributed by atoms with Crippen molar-refractivity contribution >= 4 is 12.3 Å². The second kappa shape index (κ2) is 3.72. The summed E-state index contributed by atoms with van der Waals surface area (Å²) in [5.41, 5.74) is -2.50. The van der Waals surface area contributed by atoms with Gasteiger partial charge in [-0.1, -0.05) is 12.1 Å². The zero-order valence-corrected chi connectivity index (χ0v) is 7.17. The number of alkyl halides is 3. The fourth-order valence-electron chi connectivity index (χ4n) is 1.03. The molecule has 0 aliphatic carbocycles. The van der Waals surface area contributed by atoms with Crippen molar-refractivity contribution in [1.29, 1.82) is 0 Å². The lowest BCUT2D eigenvalue weighted by molar-refractivity contribution is -0.255. The molecule has 0 bridgehead atoms. The van der Waals surface area contributed by atoms with E-state index in [-0.39, 0.29) is 6.29 Å². The van der Waals surface area contributed by atoms with Crippen LogP contribution in [0.1, 0.15) is 26.3 Å². The molecule has 0 aliphatic rings. The van der Waals surface area contributed by atoms with E-state index in [1.807, 2.05) is 0 Å². The highest BCUT2D eigenvalue weighted by atomic mass is 19.4. The summed E-state index contributed by atoms with van der Waals surface area (Å²) in [7, 11) is 0. The van der Waals surface area contributed by atoms with Crippen LogP contribution in [0.4, 0.5) is 13.2 Å². The van der Waals surface area contributed by atoms with Crippen LogP contribution >= 0.6 is 0 Å². The van der Waals surface area contributed by atoms with Gasteiger partial charge in [0.1, 0.15) is 0 Å². The van der Waals surface area contributed by atoms with Crippen LogP contribution in [0.3, 0.4) is 0 Å². The topological polar surface area (TPSA) is 57.2 Å². The van der Waals surface area contributed by atoms with Crippen LogP contribution in [0.25, 0.3) is 0 Å². The fourth-order valence-corrected chi connectivity index (χ4v) is 1.03. The summed E-state index contributed by atoms with van der Waals surface area (Å²) < 4.78 is 36.9. The Labute approximate surface area is 82.1 Å². The first-order valence-electron chi connectivity index (χ1n) is 3.74. The van der Waals surface area contributed by atoms with Crippen LogP contribution in [-0.2, 0) is 6.18 Å². The molecular formula is C9H4F3O3-. The first-order valence-corrected chi connectivity index (χ1v) is 3.74. The number of aromatic carboxylic acids is 1. The van der Waals surface area contributed by atoms with E-state index in [9.17, 15) is 27.9 Å². The van der Waals surface area contributed by atoms with E-state index in [2.05, 4.69) is 0 Å². The monoisotopic (exact) mass is 217 g/mol. The summed E-state index contributed by atoms with van der Waals surface area (Å²) in [6.45, 7) is 0. The molecule has 6 heteroatoms. The summed E-state index contributed by atoms with van der Waals surface area (Å²) in [5, 5.41) is 10.3. The molecule has 0 unspecified atom stereocenters. The van der Waals surface area contributed by atoms with E-state index in [1.54, 1.807) is 0 Å². The maximum Gasteiger partial charge on any atom is 0.417 e. The lowest BCUT2D eigenvalue weighted by atomic mass is 10.0. The van der Waals surface area contributed by atoms with Crippen LogP contribution in [0.15, 0.2) is 18.2 Å². The van der Waals surface area contributed by atoms with Crippen LogP contribution in [-0.4, -0.2) is 12.3 Å². The maximum absolute atomic E-state index is 12.3. The largest absolute Gasteiger partial charge is 0.545 e. The second-order valence-electron chi connectivity index (χ2n) is 2.71. The zero-order chi connectivity index (χ0) is 11.6. The molecule has 0 saturated heterocycles. The molecule has 0 amide bonds. The lowest BCUT2D eigenvalue weighted by Gasteiger charge is -2.11. The van der Waals surface area contributed by atoms with Gasteiger partial charge in [0.15, 0.2) is 6.29 Å². The van der Waals surface area contributed by atoms with Gasteiger partial charge in [-0.05, 0) is 11.6 Å². The number of aldehydes is 1. The number of carbonyl (C=O) groups is 2. The summed E-state index contributed by atoms with van der Waals surface area (Å²) in [5.74, 6) is -1.72. The molecule has 1 aromatic rings. The van der Waals surface area contributed by atoms with E-state index < -0.39 is 28.8 Å². The fraction of sp³-hybridized carbons (Fsp3) is 0.111. The Bertz CT molecular complexity index is 410. The minimum atomic E-state index is -4.76. The second-order valence-corrected chi connectivity index (χ2v) is 2.71. The van der Waals surface area contributed by atoms with Gasteiger partial charge >= 0.3 is 6.18 Å². The minimum Gasteiger partial charge on any atom is -0.545 e. The molecule has 0 fully saturated rings. The van der Waals surface area contributed by atoms with Crippen molar-refractivity contribution in [1.82, 2.24) is 0 Å². The Hall–Kier alpha value is -1.85. The molecule has 0 spiro atoms. The van der Waals surface area contributed by atoms with Gasteiger partial charge in [-0.3, -0.25) is 4.79 Å². The molecule has 1 rings (SSSR count). The molecule has 0 aliphatic heterocycles. The number of halogens is 3. The van der Waals surface area contributed by atoms with Crippen molar-refractivity contribution in [2.45, 2.75) is 6.18 Å². The Morgan fingerprint density at radius 1 is 1.33 bits per heavy atom. The molecule has 0 N–H and O–H groups in total. The first kappa shape index (κ1) is 11.2. The highest BCUT2D eigenvalue weighted by Gasteiger charge is 2.33. The lowest BCUT2D eigenvalue weighted by Crippen LogP contribution is -2.23. The molecular weight excluding hydrogens is 213 g/mol. The first-order chi connectivity index (χ1) is 6.86. The predicted octanol–water partition coefficient (Wildman–Crippen LogP) is 0.881. The Kier molecular flexibility index (Phi) is 2.78. The van der Waals surface area contributed by atoms with Crippen molar-refractivity contribution in [2.75, 3.05) is 0 Å². The number of carboxylic acid groups (broad SMARTS) is 1. The van der Waals surface area contributed by atoms with Gasteiger partial charge < -0.3 is 9.90 Å². The number of benzene rings is 1. The molecule has 0 heterocycles. The van der Waals surface area contributed by atoms with Gasteiger partial charge in [0.05, 0.1) is 11.5 Å². The van der Waals surface area contributed by atoms with Crippen molar-refractivity contribution in [3.8, 4) is 0 Å². The number of hydrogen-bond acceptors (Lipinski definition) is 3. The third-order valence-corrected chi connectivity index (χ3v) is 1.72. The van der Waals surface area contributed by atoms with E-state index in [0.717, 1.165) is 12.1 Å². The van der Waals surface area contributed by atoms with Gasteiger partial charge in [0.25, 0.3) is 0 Å². The normalized spacial score (nSPS) is 11.1. The van der Waals surface area contributed by atoms with E-state index in [1.165, 1.54) is 0 Å². The number of carboxylic acids is 1. The predicted molar refractivity (Wildman–Crippen MR) is 41.2 cm³/mol. The van der Waals surface area contributed by atoms with Crippen LogP contribution in [0.5, 0.6) is 0 Å². The van der Waals surface area contributed by atoms with E-state index in [0.29, 0.717) is 6.07 Å². The van der Waals surface area contributed by atoms with Gasteiger partial charge in [-0.2, -0.15) is 13.2 Å². The molecule has 80 valence electrons. The third-order valence-electron chi connectivity index (χ3n) is 1.72. The number of hydrogen-bond donors (Lipinski definition) is 0. The molecule has 3 nitrogen and oxygen atoms in total. The third kappa shape index (κ3) is 2.34. The minimum absolute atomic E-state index is 0.0158. The summed E-state index contributed by atoms with van der Waals surface area (Å²) in [6, 6.07) is 2.05. The van der Waals surface area contributed by atoms with E-state index in [4.69, 9.17) is 0 Å². The Morgan fingerprint density at radius 3 is 2.33 bits per heavy atom. The highest BCUT2D eigenvalue weighted by molar-refractivity contribution is 5.88. The van der Waals surface area contributed by atoms with E-state index >= 15 is 0 Å². The zero-order valence-electron chi connectivity index (χ0n) is 7.17. The summed E-state index contributed by atoms with van der Waals surface area (Å²) in [6.07, 6.45) is -4.75. The van der Waals surface area contributed by atoms with Gasteiger partial charge in [-0.25, -0.2) is 0 Å². The number of carbonyl (C=O) groups excluding carboxylic acids is 2. The highest BCUT2D eigenvalue weighted by Crippen LogP contribution is 2.31.